The van der Waals surface area contributed by atoms with Crippen LogP contribution in [0.15, 0.2) is 83.8 Å². The minimum Gasteiger partial charge on any atom is -0.324 e. The van der Waals surface area contributed by atoms with E-state index in [-0.39, 0.29) is 11.3 Å². The van der Waals surface area contributed by atoms with Crippen molar-refractivity contribution < 1.29 is 13.2 Å². The van der Waals surface area contributed by atoms with Gasteiger partial charge in [0.15, 0.2) is 0 Å². The molecule has 30 heavy (non-hydrogen) atoms. The summed E-state index contributed by atoms with van der Waals surface area (Å²) >= 11 is 0. The van der Waals surface area contributed by atoms with Crippen LogP contribution in [0.2, 0.25) is 0 Å². The number of amides is 1. The van der Waals surface area contributed by atoms with Gasteiger partial charge >= 0.3 is 0 Å². The number of aryl methyl sites for hydroxylation is 2. The zero-order valence-corrected chi connectivity index (χ0v) is 17.9. The average molecular weight is 423 g/mol. The zero-order valence-electron chi connectivity index (χ0n) is 17.1. The molecule has 3 aromatic rings. The van der Waals surface area contributed by atoms with E-state index < -0.39 is 22.0 Å². The van der Waals surface area contributed by atoms with Crippen molar-refractivity contribution >= 4 is 21.6 Å². The second kappa shape index (κ2) is 9.69. The molecule has 0 aliphatic carbocycles. The topological polar surface area (TPSA) is 75.3 Å². The second-order valence-corrected chi connectivity index (χ2v) is 8.89. The van der Waals surface area contributed by atoms with Gasteiger partial charge in [-0.05, 0) is 49.1 Å². The van der Waals surface area contributed by atoms with Gasteiger partial charge in [0.05, 0.1) is 4.90 Å². The molecule has 0 bridgehead atoms. The van der Waals surface area contributed by atoms with Crippen molar-refractivity contribution in [3.05, 3.63) is 95.6 Å². The Morgan fingerprint density at radius 1 is 0.900 bits per heavy atom. The summed E-state index contributed by atoms with van der Waals surface area (Å²) in [5.74, 6) is -0.393. The molecule has 6 heteroatoms. The summed E-state index contributed by atoms with van der Waals surface area (Å²) in [6, 6.07) is 22.5. The number of carbonyl (C=O) groups excluding carboxylic acids is 1. The van der Waals surface area contributed by atoms with Gasteiger partial charge in [0.1, 0.15) is 6.04 Å². The lowest BCUT2D eigenvalue weighted by Gasteiger charge is -2.20. The molecule has 0 heterocycles. The number of para-hydroxylation sites is 1. The van der Waals surface area contributed by atoms with E-state index in [2.05, 4.69) is 10.0 Å². The highest BCUT2D eigenvalue weighted by Gasteiger charge is 2.26. The summed E-state index contributed by atoms with van der Waals surface area (Å²) in [7, 11) is -3.86. The number of rotatable bonds is 8. The van der Waals surface area contributed by atoms with Crippen LogP contribution in [0.4, 0.5) is 5.69 Å². The fraction of sp³-hybridized carbons (Fsp3) is 0.208. The molecule has 3 aromatic carbocycles. The van der Waals surface area contributed by atoms with Gasteiger partial charge in [-0.2, -0.15) is 4.72 Å². The minimum absolute atomic E-state index is 0.132. The number of hydrogen-bond acceptors (Lipinski definition) is 3. The molecular formula is C24H26N2O3S. The van der Waals surface area contributed by atoms with E-state index in [9.17, 15) is 13.2 Å². The molecule has 1 unspecified atom stereocenters. The van der Waals surface area contributed by atoms with E-state index in [0.29, 0.717) is 5.69 Å². The lowest BCUT2D eigenvalue weighted by atomic mass is 10.1. The van der Waals surface area contributed by atoms with Crippen molar-refractivity contribution in [2.24, 2.45) is 0 Å². The van der Waals surface area contributed by atoms with Gasteiger partial charge in [0.25, 0.3) is 0 Å². The van der Waals surface area contributed by atoms with E-state index in [1.54, 1.807) is 24.3 Å². The fourth-order valence-corrected chi connectivity index (χ4v) is 4.38. The van der Waals surface area contributed by atoms with E-state index in [4.69, 9.17) is 0 Å². The van der Waals surface area contributed by atoms with Crippen LogP contribution in [0.25, 0.3) is 0 Å². The summed E-state index contributed by atoms with van der Waals surface area (Å²) in [5.41, 5.74) is 3.51. The van der Waals surface area contributed by atoms with Crippen molar-refractivity contribution in [1.82, 2.24) is 4.72 Å². The van der Waals surface area contributed by atoms with E-state index in [1.165, 1.54) is 0 Å². The highest BCUT2D eigenvalue weighted by molar-refractivity contribution is 7.89. The number of nitrogens with one attached hydrogen (secondary N) is 2. The summed E-state index contributed by atoms with van der Waals surface area (Å²) in [5, 5.41) is 2.90. The number of carbonyl (C=O) groups is 1. The normalized spacial score (nSPS) is 12.3. The first-order valence-corrected chi connectivity index (χ1v) is 11.4. The van der Waals surface area contributed by atoms with Gasteiger partial charge < -0.3 is 5.32 Å². The molecular weight excluding hydrogens is 396 g/mol. The van der Waals surface area contributed by atoms with Crippen LogP contribution in [0.3, 0.4) is 0 Å². The Morgan fingerprint density at radius 3 is 2.20 bits per heavy atom. The van der Waals surface area contributed by atoms with Crippen LogP contribution < -0.4 is 10.0 Å². The molecule has 2 N–H and O–H groups in total. The second-order valence-electron chi connectivity index (χ2n) is 7.18. The third-order valence-electron chi connectivity index (χ3n) is 4.88. The maximum absolute atomic E-state index is 13.1. The smallest absolute Gasteiger partial charge is 0.242 e. The summed E-state index contributed by atoms with van der Waals surface area (Å²) in [4.78, 5) is 13.2. The largest absolute Gasteiger partial charge is 0.324 e. The standard InChI is InChI=1S/C24H26N2O3S/c1-3-20-11-7-8-12-22(20)25-24(27)23(17-19-9-5-4-6-10-19)26-30(28,29)21-15-13-18(2)14-16-21/h4-16,23,26H,3,17H2,1-2H3,(H,25,27). The molecule has 0 aromatic heterocycles. The predicted molar refractivity (Wildman–Crippen MR) is 120 cm³/mol. The first-order valence-electron chi connectivity index (χ1n) is 9.90. The third kappa shape index (κ3) is 5.55. The van der Waals surface area contributed by atoms with Crippen molar-refractivity contribution in [2.45, 2.75) is 37.6 Å². The van der Waals surface area contributed by atoms with Gasteiger partial charge in [-0.1, -0.05) is 73.2 Å². The van der Waals surface area contributed by atoms with Gasteiger partial charge in [0, 0.05) is 5.69 Å². The summed E-state index contributed by atoms with van der Waals surface area (Å²) in [6.45, 7) is 3.90. The molecule has 3 rings (SSSR count). The molecule has 0 radical (unpaired) electrons. The van der Waals surface area contributed by atoms with Crippen LogP contribution in [-0.2, 0) is 27.7 Å². The number of hydrogen-bond donors (Lipinski definition) is 2. The number of sulfonamides is 1. The van der Waals surface area contributed by atoms with Gasteiger partial charge in [0.2, 0.25) is 15.9 Å². The number of benzene rings is 3. The Kier molecular flexibility index (Phi) is 7.03. The van der Waals surface area contributed by atoms with Gasteiger partial charge in [-0.25, -0.2) is 8.42 Å². The number of anilines is 1. The molecule has 0 saturated heterocycles. The highest BCUT2D eigenvalue weighted by Crippen LogP contribution is 2.17. The van der Waals surface area contributed by atoms with Gasteiger partial charge in [-0.3, -0.25) is 4.79 Å². The van der Waals surface area contributed by atoms with E-state index >= 15 is 0 Å². The van der Waals surface area contributed by atoms with Crippen molar-refractivity contribution in [2.75, 3.05) is 5.32 Å². The average Bonchev–Trinajstić information content (AvgIpc) is 2.74. The Bertz CT molecular complexity index is 1090. The van der Waals surface area contributed by atoms with Crippen LogP contribution in [0.5, 0.6) is 0 Å². The zero-order chi connectivity index (χ0) is 21.6. The molecule has 0 saturated carbocycles. The third-order valence-corrected chi connectivity index (χ3v) is 6.37. The first-order chi connectivity index (χ1) is 14.4. The van der Waals surface area contributed by atoms with Crippen LogP contribution >= 0.6 is 0 Å². The molecule has 156 valence electrons. The SMILES string of the molecule is CCc1ccccc1NC(=O)C(Cc1ccccc1)NS(=O)(=O)c1ccc(C)cc1. The molecule has 1 atom stereocenters. The van der Waals surface area contributed by atoms with Crippen LogP contribution in [0, 0.1) is 6.92 Å². The highest BCUT2D eigenvalue weighted by atomic mass is 32.2. The molecule has 1 amide bonds. The first kappa shape index (κ1) is 21.7. The maximum Gasteiger partial charge on any atom is 0.242 e. The molecule has 5 nitrogen and oxygen atoms in total. The van der Waals surface area contributed by atoms with Gasteiger partial charge in [-0.15, -0.1) is 0 Å². The molecule has 0 aliphatic rings. The Balaban J connectivity index is 1.88. The minimum atomic E-state index is -3.86. The van der Waals surface area contributed by atoms with Crippen molar-refractivity contribution in [3.63, 3.8) is 0 Å². The lowest BCUT2D eigenvalue weighted by molar-refractivity contribution is -0.117. The monoisotopic (exact) mass is 422 g/mol. The van der Waals surface area contributed by atoms with Crippen molar-refractivity contribution in [3.8, 4) is 0 Å². The van der Waals surface area contributed by atoms with E-state index in [1.807, 2.05) is 68.4 Å². The Hall–Kier alpha value is -2.96. The molecule has 0 aliphatic heterocycles. The summed E-state index contributed by atoms with van der Waals surface area (Å²) in [6.07, 6.45) is 1.00. The molecule has 0 fully saturated rings. The lowest BCUT2D eigenvalue weighted by Crippen LogP contribution is -2.45. The Labute approximate surface area is 178 Å². The van der Waals surface area contributed by atoms with Crippen molar-refractivity contribution in [1.29, 1.82) is 0 Å². The van der Waals surface area contributed by atoms with Crippen LogP contribution in [0.1, 0.15) is 23.6 Å². The molecule has 0 spiro atoms. The quantitative estimate of drug-likeness (QED) is 0.574. The van der Waals surface area contributed by atoms with E-state index in [0.717, 1.165) is 23.1 Å². The fourth-order valence-electron chi connectivity index (χ4n) is 3.18. The maximum atomic E-state index is 13.1. The summed E-state index contributed by atoms with van der Waals surface area (Å²) < 4.78 is 28.5. The van der Waals surface area contributed by atoms with Crippen LogP contribution in [-0.4, -0.2) is 20.4 Å². The Morgan fingerprint density at radius 2 is 1.53 bits per heavy atom. The predicted octanol–water partition coefficient (Wildman–Crippen LogP) is 4.09.